The van der Waals surface area contributed by atoms with Crippen LogP contribution in [0.25, 0.3) is 5.82 Å². The maximum absolute atomic E-state index is 13.9. The van der Waals surface area contributed by atoms with Crippen molar-refractivity contribution in [1.82, 2.24) is 24.3 Å². The zero-order valence-corrected chi connectivity index (χ0v) is 13.7. The van der Waals surface area contributed by atoms with Crippen LogP contribution in [0, 0.1) is 18.7 Å². The smallest absolute Gasteiger partial charge is 0.230 e. The highest BCUT2D eigenvalue weighted by Gasteiger charge is 2.25. The van der Waals surface area contributed by atoms with Crippen LogP contribution in [0.1, 0.15) is 17.7 Å². The number of nitrogens with one attached hydrogen (secondary N) is 1. The first-order valence-electron chi connectivity index (χ1n) is 8.09. The Morgan fingerprint density at radius 1 is 1.44 bits per heavy atom. The summed E-state index contributed by atoms with van der Waals surface area (Å²) >= 11 is 0. The molecular weight excluding hydrogens is 323 g/mol. The summed E-state index contributed by atoms with van der Waals surface area (Å²) in [6.45, 7) is 2.42. The average Bonchev–Trinajstić information content (AvgIpc) is 3.21. The molecule has 0 saturated heterocycles. The molecule has 0 saturated carbocycles. The van der Waals surface area contributed by atoms with E-state index in [1.54, 1.807) is 12.5 Å². The molecule has 1 N–H and O–H groups in total. The van der Waals surface area contributed by atoms with Gasteiger partial charge in [0.15, 0.2) is 17.5 Å². The molecule has 1 unspecified atom stereocenters. The van der Waals surface area contributed by atoms with Gasteiger partial charge < -0.3 is 9.88 Å². The monoisotopic (exact) mass is 340 g/mol. The molecule has 0 aromatic carbocycles. The fourth-order valence-corrected chi connectivity index (χ4v) is 3.04. The van der Waals surface area contributed by atoms with Gasteiger partial charge in [0.25, 0.3) is 0 Å². The summed E-state index contributed by atoms with van der Waals surface area (Å²) in [6, 6.07) is 2.84. The molecule has 7 nitrogen and oxygen atoms in total. The minimum atomic E-state index is -0.470. The molecule has 1 atom stereocenters. The maximum atomic E-state index is 13.9. The lowest BCUT2D eigenvalue weighted by molar-refractivity contribution is -0.120. The van der Waals surface area contributed by atoms with Gasteiger partial charge in [0, 0.05) is 36.4 Å². The number of rotatable bonds is 3. The molecule has 25 heavy (non-hydrogen) atoms. The molecule has 1 aliphatic rings. The number of halogens is 1. The minimum absolute atomic E-state index is 0.0887. The van der Waals surface area contributed by atoms with Crippen molar-refractivity contribution in [3.8, 4) is 5.82 Å². The summed E-state index contributed by atoms with van der Waals surface area (Å²) in [4.78, 5) is 20.7. The zero-order chi connectivity index (χ0) is 17.4. The number of pyridine rings is 1. The molecule has 0 bridgehead atoms. The molecule has 1 aliphatic heterocycles. The second-order valence-corrected chi connectivity index (χ2v) is 6.18. The number of fused-ring (bicyclic) bond motifs is 1. The van der Waals surface area contributed by atoms with E-state index < -0.39 is 5.82 Å². The highest BCUT2D eigenvalue weighted by Crippen LogP contribution is 2.22. The van der Waals surface area contributed by atoms with Gasteiger partial charge in [-0.2, -0.15) is 0 Å². The first kappa shape index (κ1) is 15.5. The highest BCUT2D eigenvalue weighted by molar-refractivity contribution is 5.92. The average molecular weight is 340 g/mol. The molecule has 0 spiro atoms. The van der Waals surface area contributed by atoms with Crippen molar-refractivity contribution in [2.75, 3.05) is 5.32 Å². The second-order valence-electron chi connectivity index (χ2n) is 6.18. The van der Waals surface area contributed by atoms with E-state index in [-0.39, 0.29) is 17.6 Å². The van der Waals surface area contributed by atoms with Gasteiger partial charge in [-0.25, -0.2) is 19.0 Å². The molecule has 0 fully saturated rings. The van der Waals surface area contributed by atoms with Crippen LogP contribution in [0.15, 0.2) is 37.1 Å². The normalized spacial score (nSPS) is 16.5. The van der Waals surface area contributed by atoms with Crippen LogP contribution in [0.3, 0.4) is 0 Å². The molecular formula is C17H17FN6O. The zero-order valence-electron chi connectivity index (χ0n) is 13.7. The molecule has 0 aliphatic carbocycles. The third-order valence-corrected chi connectivity index (χ3v) is 4.43. The predicted octanol–water partition coefficient (Wildman–Crippen LogP) is 2.11. The van der Waals surface area contributed by atoms with Crippen molar-refractivity contribution < 1.29 is 9.18 Å². The number of hydrogen-bond donors (Lipinski definition) is 1. The van der Waals surface area contributed by atoms with Crippen molar-refractivity contribution in [3.63, 3.8) is 0 Å². The SMILES string of the molecule is Cc1cn(-c2ncccc2F)nc1NC(=O)C1CCc2cncn2C1. The number of amides is 1. The Morgan fingerprint density at radius 2 is 2.32 bits per heavy atom. The predicted molar refractivity (Wildman–Crippen MR) is 88.7 cm³/mol. The van der Waals surface area contributed by atoms with E-state index in [2.05, 4.69) is 20.4 Å². The number of carbonyl (C=O) groups excluding carboxylic acids is 1. The van der Waals surface area contributed by atoms with Gasteiger partial charge in [-0.1, -0.05) is 0 Å². The lowest BCUT2D eigenvalue weighted by Gasteiger charge is -2.22. The van der Waals surface area contributed by atoms with Crippen LogP contribution in [-0.4, -0.2) is 30.2 Å². The molecule has 4 rings (SSSR count). The van der Waals surface area contributed by atoms with Crippen molar-refractivity contribution in [1.29, 1.82) is 0 Å². The third-order valence-electron chi connectivity index (χ3n) is 4.43. The number of imidazole rings is 1. The summed E-state index contributed by atoms with van der Waals surface area (Å²) in [5.74, 6) is -0.173. The molecule has 128 valence electrons. The fourth-order valence-electron chi connectivity index (χ4n) is 3.04. The van der Waals surface area contributed by atoms with Crippen LogP contribution in [0.4, 0.5) is 10.2 Å². The van der Waals surface area contributed by atoms with Crippen LogP contribution in [0.5, 0.6) is 0 Å². The van der Waals surface area contributed by atoms with Gasteiger partial charge in [-0.05, 0) is 31.9 Å². The van der Waals surface area contributed by atoms with Gasteiger partial charge in [-0.3, -0.25) is 4.79 Å². The van der Waals surface area contributed by atoms with Gasteiger partial charge in [0.1, 0.15) is 0 Å². The van der Waals surface area contributed by atoms with Gasteiger partial charge in [0.05, 0.1) is 12.2 Å². The Hall–Kier alpha value is -3.03. The second kappa shape index (κ2) is 6.12. The highest BCUT2D eigenvalue weighted by atomic mass is 19.1. The quantitative estimate of drug-likeness (QED) is 0.792. The largest absolute Gasteiger partial charge is 0.334 e. The van der Waals surface area contributed by atoms with E-state index in [9.17, 15) is 9.18 Å². The van der Waals surface area contributed by atoms with Crippen LogP contribution < -0.4 is 5.32 Å². The first-order valence-corrected chi connectivity index (χ1v) is 8.09. The standard InChI is InChI=1S/C17H17FN6O/c1-11-8-24(16-14(18)3-2-6-20-16)22-15(11)21-17(25)12-4-5-13-7-19-10-23(13)9-12/h2-3,6-8,10,12H,4-5,9H2,1H3,(H,21,22,25). The van der Waals surface area contributed by atoms with E-state index in [0.29, 0.717) is 12.4 Å². The fraction of sp³-hybridized carbons (Fsp3) is 0.294. The third kappa shape index (κ3) is 2.90. The van der Waals surface area contributed by atoms with E-state index in [0.717, 1.165) is 24.1 Å². The summed E-state index contributed by atoms with van der Waals surface area (Å²) in [6.07, 6.45) is 8.32. The van der Waals surface area contributed by atoms with Crippen molar-refractivity contribution >= 4 is 11.7 Å². The lowest BCUT2D eigenvalue weighted by atomic mass is 9.97. The Morgan fingerprint density at radius 3 is 3.16 bits per heavy atom. The number of hydrogen-bond acceptors (Lipinski definition) is 4. The van der Waals surface area contributed by atoms with E-state index in [4.69, 9.17) is 0 Å². The lowest BCUT2D eigenvalue weighted by Crippen LogP contribution is -2.31. The Labute approximate surface area is 143 Å². The molecule has 1 amide bonds. The van der Waals surface area contributed by atoms with Gasteiger partial charge in [0.2, 0.25) is 5.91 Å². The molecule has 3 aromatic heterocycles. The van der Waals surface area contributed by atoms with Gasteiger partial charge in [-0.15, -0.1) is 5.10 Å². The van der Waals surface area contributed by atoms with Crippen molar-refractivity contribution in [2.24, 2.45) is 5.92 Å². The van der Waals surface area contributed by atoms with E-state index >= 15 is 0 Å². The number of aryl methyl sites for hydroxylation is 2. The summed E-state index contributed by atoms with van der Waals surface area (Å²) in [7, 11) is 0. The molecule has 8 heteroatoms. The van der Waals surface area contributed by atoms with E-state index in [1.807, 2.05) is 17.7 Å². The van der Waals surface area contributed by atoms with Crippen LogP contribution >= 0.6 is 0 Å². The topological polar surface area (TPSA) is 77.6 Å². The van der Waals surface area contributed by atoms with Crippen LogP contribution in [0.2, 0.25) is 0 Å². The van der Waals surface area contributed by atoms with Crippen molar-refractivity contribution in [3.05, 3.63) is 54.1 Å². The Balaban J connectivity index is 1.52. The number of anilines is 1. The first-order chi connectivity index (χ1) is 12.1. The summed E-state index contributed by atoms with van der Waals surface area (Å²) in [5.41, 5.74) is 1.90. The van der Waals surface area contributed by atoms with Crippen LogP contribution in [-0.2, 0) is 17.8 Å². The van der Waals surface area contributed by atoms with Gasteiger partial charge >= 0.3 is 0 Å². The Kier molecular flexibility index (Phi) is 3.79. The Bertz CT molecular complexity index is 931. The molecule has 0 radical (unpaired) electrons. The number of nitrogens with zero attached hydrogens (tertiary/aromatic N) is 5. The molecule has 3 aromatic rings. The molecule has 4 heterocycles. The summed E-state index contributed by atoms with van der Waals surface area (Å²) < 4.78 is 17.2. The number of aromatic nitrogens is 5. The minimum Gasteiger partial charge on any atom is -0.334 e. The number of carbonyl (C=O) groups is 1. The maximum Gasteiger partial charge on any atom is 0.230 e. The summed E-state index contributed by atoms with van der Waals surface area (Å²) in [5, 5.41) is 7.13. The van der Waals surface area contributed by atoms with E-state index in [1.165, 1.54) is 23.0 Å². The van der Waals surface area contributed by atoms with Crippen molar-refractivity contribution in [2.45, 2.75) is 26.3 Å².